The molecule has 0 aromatic rings. The Morgan fingerprint density at radius 1 is 0.732 bits per heavy atom. The Balaban J connectivity index is 1.09. The standard InChI is InChI=1S/C42H70O14/c1-19(2)21-14-23(46)35-41(7)11-8-20-28(40(41,6)12-13-42(21,35)18-44)22(45)15-26-38(3,4)27(9-10-39(20,26)5)56-37-34(52)32(50)30(48)25(55-37)17-53-36-33(51)31(49)29(47)24(16-43)54-36/h8,19,21-37,43-52H,9-18H2,1-7H3/t21-,22-,23+,24-,25-,26-,27-,28-,29+,30+,31-,32-,33-,34-,35+,36+,37-,39+,40-,41+,42+/m0/s1. The van der Waals surface area contributed by atoms with E-state index in [-0.39, 0.29) is 51.9 Å². The number of fused-ring (bicyclic) bond motifs is 7. The van der Waals surface area contributed by atoms with Crippen molar-refractivity contribution >= 4 is 0 Å². The molecule has 0 amide bonds. The zero-order valence-corrected chi connectivity index (χ0v) is 34.1. The van der Waals surface area contributed by atoms with E-state index in [1.807, 2.05) is 0 Å². The van der Waals surface area contributed by atoms with Crippen LogP contribution in [0.2, 0.25) is 0 Å². The summed E-state index contributed by atoms with van der Waals surface area (Å²) in [6.45, 7) is 14.5. The predicted octanol–water partition coefficient (Wildman–Crippen LogP) is 0.587. The summed E-state index contributed by atoms with van der Waals surface area (Å²) in [7, 11) is 0. The van der Waals surface area contributed by atoms with E-state index < -0.39 is 98.4 Å². The van der Waals surface area contributed by atoms with E-state index in [1.54, 1.807) is 0 Å². The molecule has 0 spiro atoms. The number of allylic oxidation sites excluding steroid dienone is 1. The number of ether oxygens (including phenoxy) is 4. The topological polar surface area (TPSA) is 239 Å². The van der Waals surface area contributed by atoms with Crippen LogP contribution < -0.4 is 0 Å². The molecule has 2 heterocycles. The lowest BCUT2D eigenvalue weighted by Crippen LogP contribution is -2.67. The van der Waals surface area contributed by atoms with Gasteiger partial charge in [-0.3, -0.25) is 0 Å². The Morgan fingerprint density at radius 3 is 1.98 bits per heavy atom. The fraction of sp³-hybridized carbons (Fsp3) is 0.952. The van der Waals surface area contributed by atoms with E-state index in [0.717, 1.165) is 25.7 Å². The molecule has 21 atom stereocenters. The average molecular weight is 799 g/mol. The Bertz CT molecular complexity index is 1460. The second-order valence-corrected chi connectivity index (χ2v) is 20.5. The summed E-state index contributed by atoms with van der Waals surface area (Å²) < 4.78 is 23.6. The van der Waals surface area contributed by atoms with Gasteiger partial charge in [-0.2, -0.15) is 0 Å². The Kier molecular flexibility index (Phi) is 11.6. The van der Waals surface area contributed by atoms with Gasteiger partial charge in [0.15, 0.2) is 12.6 Å². The second kappa shape index (κ2) is 15.0. The van der Waals surface area contributed by atoms with Crippen molar-refractivity contribution in [3.05, 3.63) is 11.6 Å². The third kappa shape index (κ3) is 6.17. The summed E-state index contributed by atoms with van der Waals surface area (Å²) in [6.07, 6.45) is -9.34. The van der Waals surface area contributed by atoms with Gasteiger partial charge in [-0.1, -0.05) is 60.1 Å². The van der Waals surface area contributed by atoms with Crippen molar-refractivity contribution < 1.29 is 70.0 Å². The fourth-order valence-electron chi connectivity index (χ4n) is 14.2. The summed E-state index contributed by atoms with van der Waals surface area (Å²) in [6, 6.07) is 0. The molecule has 0 unspecified atom stereocenters. The third-order valence-corrected chi connectivity index (χ3v) is 17.4. The van der Waals surface area contributed by atoms with Crippen LogP contribution >= 0.6 is 0 Å². The number of aliphatic hydroxyl groups excluding tert-OH is 10. The maximum atomic E-state index is 12.4. The van der Waals surface area contributed by atoms with Gasteiger partial charge in [0.05, 0.1) is 31.5 Å². The number of hydrogen-bond donors (Lipinski definition) is 10. The minimum Gasteiger partial charge on any atom is -0.396 e. The fourth-order valence-corrected chi connectivity index (χ4v) is 14.2. The van der Waals surface area contributed by atoms with Crippen LogP contribution in [0.4, 0.5) is 0 Å². The number of rotatable bonds is 8. The molecule has 7 rings (SSSR count). The normalized spacial score (nSPS) is 55.5. The van der Waals surface area contributed by atoms with E-state index >= 15 is 0 Å². The third-order valence-electron chi connectivity index (χ3n) is 17.4. The monoisotopic (exact) mass is 798 g/mol. The minimum atomic E-state index is -1.67. The molecule has 0 radical (unpaired) electrons. The van der Waals surface area contributed by atoms with E-state index in [2.05, 4.69) is 54.5 Å². The molecular formula is C42H70O14. The van der Waals surface area contributed by atoms with Crippen molar-refractivity contribution in [3.63, 3.8) is 0 Å². The molecule has 14 heteroatoms. The van der Waals surface area contributed by atoms with Crippen LogP contribution in [0.5, 0.6) is 0 Å². The van der Waals surface area contributed by atoms with Crippen molar-refractivity contribution in [1.82, 2.24) is 0 Å². The highest BCUT2D eigenvalue weighted by Gasteiger charge is 2.72. The first kappa shape index (κ1) is 43.3. The maximum Gasteiger partial charge on any atom is 0.186 e. The maximum absolute atomic E-state index is 12.4. The van der Waals surface area contributed by atoms with Crippen LogP contribution in [0, 0.1) is 56.7 Å². The molecule has 5 aliphatic carbocycles. The van der Waals surface area contributed by atoms with Crippen LogP contribution in [0.1, 0.15) is 93.4 Å². The zero-order valence-electron chi connectivity index (χ0n) is 34.1. The molecule has 0 aromatic heterocycles. The van der Waals surface area contributed by atoms with E-state index in [1.165, 1.54) is 5.57 Å². The van der Waals surface area contributed by atoms with Crippen LogP contribution in [0.15, 0.2) is 11.6 Å². The molecular weight excluding hydrogens is 728 g/mol. The van der Waals surface area contributed by atoms with Gasteiger partial charge in [0.2, 0.25) is 0 Å². The lowest BCUT2D eigenvalue weighted by atomic mass is 9.35. The lowest BCUT2D eigenvalue weighted by Gasteiger charge is -2.70. The van der Waals surface area contributed by atoms with Crippen molar-refractivity contribution in [1.29, 1.82) is 0 Å². The van der Waals surface area contributed by atoms with Crippen molar-refractivity contribution in [2.75, 3.05) is 19.8 Å². The predicted molar refractivity (Wildman–Crippen MR) is 200 cm³/mol. The van der Waals surface area contributed by atoms with Gasteiger partial charge in [0.1, 0.15) is 48.8 Å². The molecule has 2 aliphatic heterocycles. The van der Waals surface area contributed by atoms with Gasteiger partial charge < -0.3 is 70.0 Å². The summed E-state index contributed by atoms with van der Waals surface area (Å²) in [5.74, 6) is 0.359. The van der Waals surface area contributed by atoms with Gasteiger partial charge in [0, 0.05) is 17.9 Å². The number of hydrogen-bond acceptors (Lipinski definition) is 14. The van der Waals surface area contributed by atoms with Crippen LogP contribution in [0.25, 0.3) is 0 Å². The SMILES string of the molecule is CC(C)[C@@H]1C[C@@H](O)[C@H]2[C@@]1(CO)CC[C@@]1(C)[C@H]3C(=CC[C@]21C)[C@@]1(C)CC[C@H](O[C@@H]2O[C@@H](CO[C@@H]4O[C@@H](CO)[C@@H](O)[C@H](O)[C@@H]4O)[C@@H](O)[C@H](O)[C@@H]2O)C(C)(C)[C@@H]1C[C@@H]3O. The largest absolute Gasteiger partial charge is 0.396 e. The molecule has 7 aliphatic rings. The molecule has 6 fully saturated rings. The molecule has 56 heavy (non-hydrogen) atoms. The summed E-state index contributed by atoms with van der Waals surface area (Å²) in [5, 5.41) is 108. The Hall–Kier alpha value is -0.820. The highest BCUT2D eigenvalue weighted by molar-refractivity contribution is 5.35. The lowest BCUT2D eigenvalue weighted by molar-refractivity contribution is -0.344. The molecule has 0 aromatic carbocycles. The molecule has 10 N–H and O–H groups in total. The first-order valence-corrected chi connectivity index (χ1v) is 21.1. The van der Waals surface area contributed by atoms with Gasteiger partial charge in [0.25, 0.3) is 0 Å². The molecule has 0 bridgehead atoms. The van der Waals surface area contributed by atoms with Crippen LogP contribution in [-0.2, 0) is 18.9 Å². The van der Waals surface area contributed by atoms with E-state index in [4.69, 9.17) is 18.9 Å². The molecule has 14 nitrogen and oxygen atoms in total. The Labute approximate surface area is 330 Å². The summed E-state index contributed by atoms with van der Waals surface area (Å²) >= 11 is 0. The van der Waals surface area contributed by atoms with E-state index in [9.17, 15) is 51.1 Å². The highest BCUT2D eigenvalue weighted by atomic mass is 16.7. The molecule has 322 valence electrons. The van der Waals surface area contributed by atoms with Crippen molar-refractivity contribution in [2.45, 2.75) is 173 Å². The Morgan fingerprint density at radius 2 is 1.36 bits per heavy atom. The summed E-state index contributed by atoms with van der Waals surface area (Å²) in [4.78, 5) is 0. The first-order chi connectivity index (χ1) is 26.1. The van der Waals surface area contributed by atoms with Crippen molar-refractivity contribution in [3.8, 4) is 0 Å². The van der Waals surface area contributed by atoms with Gasteiger partial charge in [-0.15, -0.1) is 0 Å². The van der Waals surface area contributed by atoms with Gasteiger partial charge in [-0.25, -0.2) is 0 Å². The molecule has 2 saturated heterocycles. The van der Waals surface area contributed by atoms with Crippen LogP contribution in [0.3, 0.4) is 0 Å². The quantitative estimate of drug-likeness (QED) is 0.120. The molecule has 4 saturated carbocycles. The van der Waals surface area contributed by atoms with Crippen LogP contribution in [-0.4, -0.2) is 151 Å². The number of aliphatic hydroxyl groups is 10. The minimum absolute atomic E-state index is 0.0247. The highest BCUT2D eigenvalue weighted by Crippen LogP contribution is 2.76. The average Bonchev–Trinajstić information content (AvgIpc) is 3.47. The second-order valence-electron chi connectivity index (χ2n) is 20.5. The first-order valence-electron chi connectivity index (χ1n) is 21.1. The van der Waals surface area contributed by atoms with E-state index in [0.29, 0.717) is 25.2 Å². The zero-order chi connectivity index (χ0) is 41.1. The smallest absolute Gasteiger partial charge is 0.186 e. The van der Waals surface area contributed by atoms with Gasteiger partial charge >= 0.3 is 0 Å². The summed E-state index contributed by atoms with van der Waals surface area (Å²) in [5.41, 5.74) is -0.525. The van der Waals surface area contributed by atoms with Gasteiger partial charge in [-0.05, 0) is 90.3 Å². The van der Waals surface area contributed by atoms with Crippen molar-refractivity contribution in [2.24, 2.45) is 56.7 Å².